The summed E-state index contributed by atoms with van der Waals surface area (Å²) >= 11 is 0. The molecule has 0 amide bonds. The van der Waals surface area contributed by atoms with Crippen LogP contribution in [0.3, 0.4) is 0 Å². The van der Waals surface area contributed by atoms with Gasteiger partial charge < -0.3 is 4.74 Å². The highest BCUT2D eigenvalue weighted by atomic mass is 16.5. The quantitative estimate of drug-likeness (QED) is 0.432. The number of rotatable bonds is 2. The van der Waals surface area contributed by atoms with E-state index in [1.165, 1.54) is 16.7 Å². The topological polar surface area (TPSA) is 22.1 Å². The second kappa shape index (κ2) is 6.10. The maximum atomic E-state index is 6.47. The predicted octanol–water partition coefficient (Wildman–Crippen LogP) is 6.16. The zero-order chi connectivity index (χ0) is 18.4. The van der Waals surface area contributed by atoms with Crippen LogP contribution in [0.25, 0.3) is 22.2 Å². The second-order valence-electron chi connectivity index (χ2n) is 7.05. The first-order chi connectivity index (χ1) is 13.2. The fraction of sp³-hybridized carbons (Fsp3) is 0.0800. The molecule has 2 heteroatoms. The van der Waals surface area contributed by atoms with Gasteiger partial charge in [-0.15, -0.1) is 0 Å². The first kappa shape index (κ1) is 15.8. The van der Waals surface area contributed by atoms with E-state index in [2.05, 4.69) is 79.5 Å². The van der Waals surface area contributed by atoms with Crippen molar-refractivity contribution in [2.24, 2.45) is 0 Å². The molecule has 1 aliphatic rings. The molecular formula is C25H19NO. The Bertz CT molecular complexity index is 1180. The van der Waals surface area contributed by atoms with Crippen molar-refractivity contribution in [2.75, 3.05) is 0 Å². The van der Waals surface area contributed by atoms with Crippen molar-refractivity contribution < 1.29 is 4.74 Å². The lowest BCUT2D eigenvalue weighted by Crippen LogP contribution is -2.08. The van der Waals surface area contributed by atoms with Crippen molar-refractivity contribution in [3.8, 4) is 5.75 Å². The molecule has 0 aliphatic carbocycles. The molecule has 0 spiro atoms. The normalized spacial score (nSPS) is 13.0. The van der Waals surface area contributed by atoms with Crippen molar-refractivity contribution in [2.45, 2.75) is 13.8 Å². The van der Waals surface area contributed by atoms with Crippen LogP contribution in [0.15, 0.2) is 79.0 Å². The summed E-state index contributed by atoms with van der Waals surface area (Å²) in [6.07, 6.45) is 1.81. The Kier molecular flexibility index (Phi) is 3.58. The Morgan fingerprint density at radius 1 is 0.704 bits per heavy atom. The summed E-state index contributed by atoms with van der Waals surface area (Å²) in [6, 6.07) is 25.4. The van der Waals surface area contributed by atoms with Crippen LogP contribution in [-0.2, 0) is 0 Å². The molecule has 1 aliphatic heterocycles. The molecule has 1 aromatic heterocycles. The maximum Gasteiger partial charge on any atom is 0.143 e. The number of ether oxygens (including phenoxy) is 1. The Hall–Kier alpha value is -3.39. The lowest BCUT2D eigenvalue weighted by atomic mass is 9.89. The number of pyridine rings is 1. The van der Waals surface area contributed by atoms with Crippen LogP contribution in [-0.4, -0.2) is 4.98 Å². The number of benzene rings is 3. The van der Waals surface area contributed by atoms with Gasteiger partial charge in [0.15, 0.2) is 0 Å². The van der Waals surface area contributed by atoms with Crippen molar-refractivity contribution in [1.29, 1.82) is 0 Å². The largest absolute Gasteiger partial charge is 0.455 e. The fourth-order valence-electron chi connectivity index (χ4n) is 3.67. The summed E-state index contributed by atoms with van der Waals surface area (Å²) in [4.78, 5) is 4.53. The minimum Gasteiger partial charge on any atom is -0.455 e. The van der Waals surface area contributed by atoms with E-state index in [9.17, 15) is 0 Å². The van der Waals surface area contributed by atoms with Crippen LogP contribution in [0, 0.1) is 13.8 Å². The van der Waals surface area contributed by atoms with Gasteiger partial charge in [-0.3, -0.25) is 4.98 Å². The minimum atomic E-state index is 0.863. The van der Waals surface area contributed by atoms with E-state index in [0.29, 0.717) is 0 Å². The Morgan fingerprint density at radius 3 is 2.07 bits per heavy atom. The molecule has 2 heterocycles. The first-order valence-electron chi connectivity index (χ1n) is 9.15. The smallest absolute Gasteiger partial charge is 0.143 e. The highest BCUT2D eigenvalue weighted by Crippen LogP contribution is 2.44. The van der Waals surface area contributed by atoms with Gasteiger partial charge in [-0.25, -0.2) is 0 Å². The van der Waals surface area contributed by atoms with Gasteiger partial charge >= 0.3 is 0 Å². The summed E-state index contributed by atoms with van der Waals surface area (Å²) in [7, 11) is 0. The van der Waals surface area contributed by atoms with E-state index in [4.69, 9.17) is 4.74 Å². The van der Waals surface area contributed by atoms with Gasteiger partial charge in [0.25, 0.3) is 0 Å². The van der Waals surface area contributed by atoms with Gasteiger partial charge in [-0.2, -0.15) is 0 Å². The molecule has 0 N–H and O–H groups in total. The molecule has 4 aromatic rings. The second-order valence-corrected chi connectivity index (χ2v) is 7.05. The van der Waals surface area contributed by atoms with E-state index in [0.717, 1.165) is 39.1 Å². The van der Waals surface area contributed by atoms with E-state index in [1.807, 2.05) is 18.3 Å². The van der Waals surface area contributed by atoms with Gasteiger partial charge in [0.1, 0.15) is 11.5 Å². The monoisotopic (exact) mass is 349 g/mol. The third-order valence-corrected chi connectivity index (χ3v) is 5.09. The Balaban J connectivity index is 1.85. The number of aromatic nitrogens is 1. The minimum absolute atomic E-state index is 0.863. The van der Waals surface area contributed by atoms with Crippen molar-refractivity contribution in [3.63, 3.8) is 0 Å². The van der Waals surface area contributed by atoms with Gasteiger partial charge in [-0.05, 0) is 37.1 Å². The molecule has 0 bridgehead atoms. The number of hydrogen-bond acceptors (Lipinski definition) is 2. The summed E-state index contributed by atoms with van der Waals surface area (Å²) in [5.74, 6) is 1.76. The maximum absolute atomic E-state index is 6.47. The Morgan fingerprint density at radius 2 is 1.37 bits per heavy atom. The average Bonchev–Trinajstić information content (AvgIpc) is 2.70. The first-order valence-corrected chi connectivity index (χ1v) is 9.15. The van der Waals surface area contributed by atoms with E-state index in [1.54, 1.807) is 0 Å². The van der Waals surface area contributed by atoms with Crippen molar-refractivity contribution in [1.82, 2.24) is 4.98 Å². The van der Waals surface area contributed by atoms with E-state index >= 15 is 0 Å². The molecule has 5 rings (SSSR count). The molecule has 0 radical (unpaired) electrons. The number of aryl methyl sites for hydroxylation is 2. The van der Waals surface area contributed by atoms with E-state index < -0.39 is 0 Å². The molecule has 2 nitrogen and oxygen atoms in total. The summed E-state index contributed by atoms with van der Waals surface area (Å²) < 4.78 is 6.47. The van der Waals surface area contributed by atoms with Crippen LogP contribution in [0.4, 0.5) is 0 Å². The molecule has 0 atom stereocenters. The zero-order valence-corrected chi connectivity index (χ0v) is 15.4. The molecule has 0 saturated carbocycles. The van der Waals surface area contributed by atoms with Crippen molar-refractivity contribution in [3.05, 3.63) is 107 Å². The van der Waals surface area contributed by atoms with Gasteiger partial charge in [0.2, 0.25) is 0 Å². The van der Waals surface area contributed by atoms with Gasteiger partial charge in [0.05, 0.1) is 10.9 Å². The standard InChI is InChI=1S/C25H19NO/c1-16-6-10-18(11-7-16)23-20-4-3-5-21-24(20)22(14-15-26-21)27-25(23)19-12-8-17(2)9-13-19/h3-15H,1-2H3. The van der Waals surface area contributed by atoms with Gasteiger partial charge in [-0.1, -0.05) is 71.8 Å². The summed E-state index contributed by atoms with van der Waals surface area (Å²) in [6.45, 7) is 4.21. The molecule has 27 heavy (non-hydrogen) atoms. The SMILES string of the molecule is Cc1ccc(C2=C(c3ccc(C)cc3)c3cccc4nccc(c34)O2)cc1. The van der Waals surface area contributed by atoms with Crippen molar-refractivity contribution >= 4 is 22.2 Å². The van der Waals surface area contributed by atoms with Crippen LogP contribution in [0.1, 0.15) is 27.8 Å². The molecule has 0 unspecified atom stereocenters. The van der Waals surface area contributed by atoms with E-state index in [-0.39, 0.29) is 0 Å². The summed E-state index contributed by atoms with van der Waals surface area (Å²) in [5.41, 5.74) is 7.95. The summed E-state index contributed by atoms with van der Waals surface area (Å²) in [5, 5.41) is 1.08. The third-order valence-electron chi connectivity index (χ3n) is 5.09. The predicted molar refractivity (Wildman–Crippen MR) is 111 cm³/mol. The van der Waals surface area contributed by atoms with Crippen LogP contribution in [0.2, 0.25) is 0 Å². The third kappa shape index (κ3) is 2.61. The molecule has 130 valence electrons. The molecule has 0 saturated heterocycles. The highest BCUT2D eigenvalue weighted by Gasteiger charge is 2.25. The molecule has 0 fully saturated rings. The highest BCUT2D eigenvalue weighted by molar-refractivity contribution is 6.09. The molecular weight excluding hydrogens is 330 g/mol. The fourth-order valence-corrected chi connectivity index (χ4v) is 3.67. The molecule has 3 aromatic carbocycles. The lowest BCUT2D eigenvalue weighted by Gasteiger charge is -2.25. The Labute approximate surface area is 158 Å². The van der Waals surface area contributed by atoms with Crippen LogP contribution in [0.5, 0.6) is 5.75 Å². The average molecular weight is 349 g/mol. The van der Waals surface area contributed by atoms with Crippen LogP contribution >= 0.6 is 0 Å². The number of hydrogen-bond donors (Lipinski definition) is 0. The van der Waals surface area contributed by atoms with Crippen LogP contribution < -0.4 is 4.74 Å². The lowest BCUT2D eigenvalue weighted by molar-refractivity contribution is 0.519. The number of nitrogens with zero attached hydrogens (tertiary/aromatic N) is 1. The van der Waals surface area contributed by atoms with Gasteiger partial charge in [0, 0.05) is 17.3 Å². The zero-order valence-electron chi connectivity index (χ0n) is 15.4.